The van der Waals surface area contributed by atoms with Crippen molar-refractivity contribution in [1.82, 2.24) is 20.4 Å². The highest BCUT2D eigenvalue weighted by Crippen LogP contribution is 2.35. The maximum atomic E-state index is 13.1. The minimum atomic E-state index is 0.0292. The van der Waals surface area contributed by atoms with E-state index in [9.17, 15) is 4.79 Å². The number of ether oxygens (including phenoxy) is 1. The molecule has 4 rings (SSSR count). The Morgan fingerprint density at radius 1 is 1.42 bits per heavy atom. The molecular formula is C18H22N4O2. The molecule has 2 aliphatic heterocycles. The van der Waals surface area contributed by atoms with Crippen LogP contribution in [-0.4, -0.2) is 41.2 Å². The monoisotopic (exact) mass is 326 g/mol. The maximum Gasteiger partial charge on any atom is 0.275 e. The van der Waals surface area contributed by atoms with Gasteiger partial charge in [-0.1, -0.05) is 12.1 Å². The van der Waals surface area contributed by atoms with Gasteiger partial charge in [0.15, 0.2) is 5.69 Å². The van der Waals surface area contributed by atoms with Crippen LogP contribution in [0.4, 0.5) is 0 Å². The third-order valence-electron chi connectivity index (χ3n) is 5.00. The second-order valence-electron chi connectivity index (χ2n) is 6.39. The van der Waals surface area contributed by atoms with Crippen LogP contribution >= 0.6 is 0 Å². The average molecular weight is 326 g/mol. The summed E-state index contributed by atoms with van der Waals surface area (Å²) in [6, 6.07) is 8.10. The van der Waals surface area contributed by atoms with E-state index in [1.807, 2.05) is 23.1 Å². The van der Waals surface area contributed by atoms with Crippen molar-refractivity contribution >= 4 is 5.91 Å². The molecule has 24 heavy (non-hydrogen) atoms. The number of amides is 1. The molecule has 1 unspecified atom stereocenters. The average Bonchev–Trinajstić information content (AvgIpc) is 3.28. The third-order valence-corrected chi connectivity index (χ3v) is 5.00. The molecule has 0 saturated carbocycles. The summed E-state index contributed by atoms with van der Waals surface area (Å²) in [6.07, 6.45) is 2.89. The number of hydrogen-bond acceptors (Lipinski definition) is 4. The minimum absolute atomic E-state index is 0.0292. The Balaban J connectivity index is 1.62. The second-order valence-corrected chi connectivity index (χ2v) is 6.39. The molecule has 0 spiro atoms. The lowest BCUT2D eigenvalue weighted by Gasteiger charge is -2.25. The molecule has 2 aromatic rings. The van der Waals surface area contributed by atoms with Gasteiger partial charge in [-0.3, -0.25) is 9.89 Å². The van der Waals surface area contributed by atoms with Gasteiger partial charge in [0.1, 0.15) is 5.75 Å². The van der Waals surface area contributed by atoms with Gasteiger partial charge in [-0.05, 0) is 30.5 Å². The second kappa shape index (κ2) is 6.28. The van der Waals surface area contributed by atoms with E-state index in [4.69, 9.17) is 4.74 Å². The molecule has 1 aromatic heterocycles. The molecule has 126 valence electrons. The first-order valence-corrected chi connectivity index (χ1v) is 8.49. The number of H-pyrrole nitrogens is 1. The molecule has 1 fully saturated rings. The zero-order valence-corrected chi connectivity index (χ0v) is 13.8. The zero-order chi connectivity index (χ0) is 16.5. The van der Waals surface area contributed by atoms with Crippen LogP contribution in [0, 0.1) is 0 Å². The van der Waals surface area contributed by atoms with Gasteiger partial charge in [0.25, 0.3) is 5.91 Å². The maximum absolute atomic E-state index is 13.1. The van der Waals surface area contributed by atoms with Crippen LogP contribution in [0.1, 0.15) is 46.2 Å². The zero-order valence-electron chi connectivity index (χ0n) is 13.8. The fourth-order valence-corrected chi connectivity index (χ4v) is 3.74. The first kappa shape index (κ1) is 15.2. The standard InChI is InChI=1S/C18H22N4O2/c1-24-13-5-2-4-12(10-13)16-6-3-9-22(16)18(23)17-14-11-19-8-7-15(14)20-21-17/h2,4-5,10,16,19H,3,6-9,11H2,1H3,(H,20,21). The largest absolute Gasteiger partial charge is 0.497 e. The van der Waals surface area contributed by atoms with E-state index >= 15 is 0 Å². The fourth-order valence-electron chi connectivity index (χ4n) is 3.74. The van der Waals surface area contributed by atoms with Crippen molar-refractivity contribution in [2.75, 3.05) is 20.2 Å². The number of nitrogens with zero attached hydrogens (tertiary/aromatic N) is 2. The minimum Gasteiger partial charge on any atom is -0.497 e. The van der Waals surface area contributed by atoms with Gasteiger partial charge < -0.3 is 15.0 Å². The quantitative estimate of drug-likeness (QED) is 0.905. The summed E-state index contributed by atoms with van der Waals surface area (Å²) in [6.45, 7) is 2.42. The number of hydrogen-bond donors (Lipinski definition) is 2. The molecule has 2 aliphatic rings. The third kappa shape index (κ3) is 2.57. The number of nitrogens with one attached hydrogen (secondary N) is 2. The van der Waals surface area contributed by atoms with Crippen LogP contribution in [0.2, 0.25) is 0 Å². The molecule has 1 amide bonds. The van der Waals surface area contributed by atoms with Gasteiger partial charge in [-0.2, -0.15) is 5.10 Å². The first-order chi connectivity index (χ1) is 11.8. The summed E-state index contributed by atoms with van der Waals surface area (Å²) in [5.74, 6) is 0.856. The highest BCUT2D eigenvalue weighted by molar-refractivity contribution is 5.94. The Morgan fingerprint density at radius 2 is 2.33 bits per heavy atom. The van der Waals surface area contributed by atoms with Crippen molar-refractivity contribution in [2.45, 2.75) is 31.8 Å². The van der Waals surface area contributed by atoms with Crippen LogP contribution in [0.25, 0.3) is 0 Å². The van der Waals surface area contributed by atoms with Gasteiger partial charge in [-0.15, -0.1) is 0 Å². The van der Waals surface area contributed by atoms with Gasteiger partial charge in [0.05, 0.1) is 13.2 Å². The van der Waals surface area contributed by atoms with Crippen molar-refractivity contribution in [3.63, 3.8) is 0 Å². The molecule has 6 heteroatoms. The van der Waals surface area contributed by atoms with E-state index in [-0.39, 0.29) is 11.9 Å². The van der Waals surface area contributed by atoms with Crippen LogP contribution < -0.4 is 10.1 Å². The molecule has 0 aliphatic carbocycles. The number of methoxy groups -OCH3 is 1. The van der Waals surface area contributed by atoms with E-state index in [0.717, 1.165) is 54.9 Å². The van der Waals surface area contributed by atoms with Crippen molar-refractivity contribution in [2.24, 2.45) is 0 Å². The summed E-state index contributed by atoms with van der Waals surface area (Å²) >= 11 is 0. The molecule has 0 bridgehead atoms. The summed E-state index contributed by atoms with van der Waals surface area (Å²) in [4.78, 5) is 15.1. The van der Waals surface area contributed by atoms with E-state index in [1.54, 1.807) is 7.11 Å². The Kier molecular flexibility index (Phi) is 3.98. The van der Waals surface area contributed by atoms with Crippen LogP contribution in [0.3, 0.4) is 0 Å². The fraction of sp³-hybridized carbons (Fsp3) is 0.444. The van der Waals surface area contributed by atoms with E-state index < -0.39 is 0 Å². The number of aromatic nitrogens is 2. The van der Waals surface area contributed by atoms with Gasteiger partial charge in [0.2, 0.25) is 0 Å². The number of likely N-dealkylation sites (tertiary alicyclic amines) is 1. The van der Waals surface area contributed by atoms with Crippen molar-refractivity contribution < 1.29 is 9.53 Å². The Labute approximate surface area is 141 Å². The van der Waals surface area contributed by atoms with Crippen LogP contribution in [-0.2, 0) is 13.0 Å². The summed E-state index contributed by atoms with van der Waals surface area (Å²) in [7, 11) is 1.67. The lowest BCUT2D eigenvalue weighted by Crippen LogP contribution is -2.32. The van der Waals surface area contributed by atoms with Gasteiger partial charge >= 0.3 is 0 Å². The highest BCUT2D eigenvalue weighted by atomic mass is 16.5. The number of rotatable bonds is 3. The van der Waals surface area contributed by atoms with Crippen LogP contribution in [0.15, 0.2) is 24.3 Å². The van der Waals surface area contributed by atoms with Crippen molar-refractivity contribution in [1.29, 1.82) is 0 Å². The van der Waals surface area contributed by atoms with Gasteiger partial charge in [-0.25, -0.2) is 0 Å². The van der Waals surface area contributed by atoms with Crippen LogP contribution in [0.5, 0.6) is 5.75 Å². The lowest BCUT2D eigenvalue weighted by molar-refractivity contribution is 0.0728. The predicted molar refractivity (Wildman–Crippen MR) is 90.0 cm³/mol. The molecule has 3 heterocycles. The first-order valence-electron chi connectivity index (χ1n) is 8.49. The molecule has 1 saturated heterocycles. The highest BCUT2D eigenvalue weighted by Gasteiger charge is 2.34. The Morgan fingerprint density at radius 3 is 3.21 bits per heavy atom. The predicted octanol–water partition coefficient (Wildman–Crippen LogP) is 2.04. The van der Waals surface area contributed by atoms with E-state index in [2.05, 4.69) is 21.6 Å². The van der Waals surface area contributed by atoms with Crippen molar-refractivity contribution in [3.8, 4) is 5.75 Å². The van der Waals surface area contributed by atoms with Crippen molar-refractivity contribution in [3.05, 3.63) is 46.8 Å². The van der Waals surface area contributed by atoms with Gasteiger partial charge in [0, 0.05) is 37.3 Å². The number of aromatic amines is 1. The van der Waals surface area contributed by atoms with E-state index in [1.165, 1.54) is 0 Å². The summed E-state index contributed by atoms with van der Waals surface area (Å²) in [5.41, 5.74) is 3.83. The molecule has 0 radical (unpaired) electrons. The molecule has 1 atom stereocenters. The van der Waals surface area contributed by atoms with E-state index in [0.29, 0.717) is 12.2 Å². The topological polar surface area (TPSA) is 70.2 Å². The summed E-state index contributed by atoms with van der Waals surface area (Å²) in [5, 5.41) is 10.7. The number of carbonyl (C=O) groups excluding carboxylic acids is 1. The molecule has 2 N–H and O–H groups in total. The number of carbonyl (C=O) groups is 1. The normalized spacial score (nSPS) is 20.0. The molecular weight excluding hydrogens is 304 g/mol. The molecule has 6 nitrogen and oxygen atoms in total. The number of benzene rings is 1. The summed E-state index contributed by atoms with van der Waals surface area (Å²) < 4.78 is 5.33. The molecule has 1 aromatic carbocycles. The SMILES string of the molecule is COc1cccc(C2CCCN2C(=O)c2n[nH]c3c2CNCC3)c1. The Hall–Kier alpha value is -2.34. The smallest absolute Gasteiger partial charge is 0.275 e. The Bertz CT molecular complexity index is 755. The number of fused-ring (bicyclic) bond motifs is 1. The lowest BCUT2D eigenvalue weighted by atomic mass is 10.0.